The van der Waals surface area contributed by atoms with E-state index < -0.39 is 15.6 Å². The van der Waals surface area contributed by atoms with Crippen LogP contribution in [-0.4, -0.2) is 59.0 Å². The Hall–Kier alpha value is -3.22. The number of aromatic nitrogens is 3. The number of isothiocyanates is 1. The smallest absolute Gasteiger partial charge is 0.404 e. The Labute approximate surface area is 264 Å². The molecule has 2 aromatic heterocycles. The molecule has 242 valence electrons. The number of imidazole rings is 1. The van der Waals surface area contributed by atoms with Crippen LogP contribution in [0.15, 0.2) is 41.4 Å². The zero-order valence-corrected chi connectivity index (χ0v) is 27.1. The quantitative estimate of drug-likeness (QED) is 0.0434. The van der Waals surface area contributed by atoms with Gasteiger partial charge in [-0.2, -0.15) is 0 Å². The summed E-state index contributed by atoms with van der Waals surface area (Å²) < 4.78 is 40.6. The average molecular weight is 680 g/mol. The van der Waals surface area contributed by atoms with Crippen molar-refractivity contribution >= 4 is 60.8 Å². The van der Waals surface area contributed by atoms with Crippen molar-refractivity contribution in [2.75, 3.05) is 25.5 Å². The van der Waals surface area contributed by atoms with E-state index in [-0.39, 0.29) is 29.4 Å². The maximum absolute atomic E-state index is 11.8. The van der Waals surface area contributed by atoms with Gasteiger partial charge in [0.25, 0.3) is 0 Å². The molecule has 17 heteroatoms. The van der Waals surface area contributed by atoms with E-state index in [9.17, 15) is 28.7 Å². The van der Waals surface area contributed by atoms with Gasteiger partial charge in [-0.05, 0) is 73.8 Å². The van der Waals surface area contributed by atoms with E-state index in [1.54, 1.807) is 0 Å². The summed E-state index contributed by atoms with van der Waals surface area (Å²) in [6, 6.07) is 9.47. The topological polar surface area (TPSA) is 212 Å². The van der Waals surface area contributed by atoms with Gasteiger partial charge in [0, 0.05) is 30.6 Å². The molecule has 0 amide bonds. The number of nitrogen functional groups attached to an aromatic ring is 1. The van der Waals surface area contributed by atoms with Crippen LogP contribution in [-0.2, 0) is 33.3 Å². The van der Waals surface area contributed by atoms with Crippen molar-refractivity contribution in [2.24, 2.45) is 4.99 Å². The summed E-state index contributed by atoms with van der Waals surface area (Å²) in [5.74, 6) is 0.468. The van der Waals surface area contributed by atoms with Crippen LogP contribution >= 0.6 is 27.9 Å². The highest BCUT2D eigenvalue weighted by Gasteiger charge is 2.24. The van der Waals surface area contributed by atoms with Crippen molar-refractivity contribution in [3.05, 3.63) is 53.3 Å². The Balaban J connectivity index is 1.76. The number of phosphoric acid groups is 2. The zero-order valence-electron chi connectivity index (χ0n) is 24.5. The van der Waals surface area contributed by atoms with E-state index in [1.807, 2.05) is 29.7 Å². The maximum atomic E-state index is 11.8. The van der Waals surface area contributed by atoms with Crippen molar-refractivity contribution in [1.29, 1.82) is 0 Å². The first-order valence-corrected chi connectivity index (χ1v) is 17.7. The van der Waals surface area contributed by atoms with Crippen LogP contribution in [0.25, 0.3) is 21.9 Å². The summed E-state index contributed by atoms with van der Waals surface area (Å²) >= 11 is 4.56. The Morgan fingerprint density at radius 3 is 2.44 bits per heavy atom. The van der Waals surface area contributed by atoms with E-state index in [4.69, 9.17) is 24.5 Å². The molecule has 0 saturated heterocycles. The van der Waals surface area contributed by atoms with E-state index in [2.05, 4.69) is 27.4 Å². The Morgan fingerprint density at radius 2 is 1.73 bits per heavy atom. The summed E-state index contributed by atoms with van der Waals surface area (Å²) in [6.07, 6.45) is 4.52. The normalized spacial score (nSPS) is 12.0. The van der Waals surface area contributed by atoms with Crippen molar-refractivity contribution in [2.45, 2.75) is 52.0 Å². The highest BCUT2D eigenvalue weighted by Crippen LogP contribution is 2.43. The molecule has 4 aromatic rings. The van der Waals surface area contributed by atoms with Gasteiger partial charge in [-0.3, -0.25) is 19.6 Å². The molecule has 2 heterocycles. The predicted octanol–water partition coefficient (Wildman–Crippen LogP) is 4.94. The molecule has 0 bridgehead atoms. The number of ether oxygens (including phenoxy) is 1. The highest BCUT2D eigenvalue weighted by atomic mass is 32.1. The third-order valence-electron chi connectivity index (χ3n) is 6.78. The van der Waals surface area contributed by atoms with Crippen LogP contribution in [0.3, 0.4) is 0 Å². The van der Waals surface area contributed by atoms with Crippen LogP contribution in [0.5, 0.6) is 11.5 Å². The Morgan fingerprint density at radius 1 is 0.978 bits per heavy atom. The molecule has 0 aliphatic rings. The Bertz CT molecular complexity index is 1800. The molecule has 0 saturated carbocycles. The van der Waals surface area contributed by atoms with E-state index >= 15 is 0 Å². The number of aryl methyl sites for hydroxylation is 2. The van der Waals surface area contributed by atoms with Gasteiger partial charge < -0.3 is 24.1 Å². The van der Waals surface area contributed by atoms with E-state index in [0.29, 0.717) is 48.6 Å². The molecular weight excluding hydrogens is 644 g/mol. The molecular formula is C28H35N5O9P2S. The lowest BCUT2D eigenvalue weighted by Gasteiger charge is -2.17. The summed E-state index contributed by atoms with van der Waals surface area (Å²) in [7, 11) is -9.91. The largest absolute Gasteiger partial charge is 0.524 e. The van der Waals surface area contributed by atoms with E-state index in [0.717, 1.165) is 49.1 Å². The Kier molecular flexibility index (Phi) is 11.8. The second-order valence-electron chi connectivity index (χ2n) is 10.2. The number of pyridine rings is 1. The van der Waals surface area contributed by atoms with Gasteiger partial charge in [0.1, 0.15) is 22.8 Å². The number of anilines is 1. The summed E-state index contributed by atoms with van der Waals surface area (Å²) in [5.41, 5.74) is 9.35. The first kappa shape index (κ1) is 34.6. The fourth-order valence-corrected chi connectivity index (χ4v) is 5.80. The molecule has 2 aromatic carbocycles. The lowest BCUT2D eigenvalue weighted by Crippen LogP contribution is -2.08. The van der Waals surface area contributed by atoms with Crippen LogP contribution in [0.4, 0.5) is 5.82 Å². The van der Waals surface area contributed by atoms with Crippen LogP contribution < -0.4 is 14.8 Å². The number of benzene rings is 2. The minimum Gasteiger partial charge on any atom is -0.404 e. The standard InChI is InChI=1S/C28H35N5O9P2S/c1-2-3-7-25-32-26-27(33(25)17-20-16-21(41-43(34,35)36)9-11-24(20)42-44(37,38)39)22-15-19(8-10-23(22)31-28(26)29)6-4-13-40-14-5-12-30-18-45/h8-11,15-16H,2-7,12-14,17H2,1H3,(H2,29,31)(H2,34,35,36)(H2,37,38,39). The summed E-state index contributed by atoms with van der Waals surface area (Å²) in [6.45, 7) is 3.74. The molecule has 0 unspecified atom stereocenters. The van der Waals surface area contributed by atoms with Gasteiger partial charge in [-0.25, -0.2) is 24.1 Å². The number of nitrogens with two attached hydrogens (primary N) is 1. The monoisotopic (exact) mass is 679 g/mol. The minimum absolute atomic E-state index is 0.0346. The number of thiocarbonyl (C=S) groups is 1. The SMILES string of the molecule is CCCCc1nc2c(N)nc3ccc(CCCOCCCN=C=S)cc3c2n1Cc1cc(OP(=O)(O)O)ccc1OP(=O)(O)O. The second kappa shape index (κ2) is 15.4. The van der Waals surface area contributed by atoms with Crippen molar-refractivity contribution in [3.8, 4) is 11.5 Å². The van der Waals surface area contributed by atoms with Gasteiger partial charge >= 0.3 is 15.6 Å². The van der Waals surface area contributed by atoms with Crippen molar-refractivity contribution in [3.63, 3.8) is 0 Å². The molecule has 4 rings (SSSR count). The number of rotatable bonds is 17. The molecule has 0 atom stereocenters. The second-order valence-corrected chi connectivity index (χ2v) is 12.7. The lowest BCUT2D eigenvalue weighted by atomic mass is 10.1. The number of aliphatic imine (C=N–C) groups is 1. The number of hydrogen-bond donors (Lipinski definition) is 5. The van der Waals surface area contributed by atoms with Crippen molar-refractivity contribution in [1.82, 2.24) is 14.5 Å². The van der Waals surface area contributed by atoms with Gasteiger partial charge in [0.2, 0.25) is 0 Å². The fraction of sp³-hybridized carbons (Fsp3) is 0.393. The molecule has 14 nitrogen and oxygen atoms in total. The zero-order chi connectivity index (χ0) is 32.6. The third-order valence-corrected chi connectivity index (χ3v) is 7.79. The van der Waals surface area contributed by atoms with Crippen LogP contribution in [0.2, 0.25) is 0 Å². The molecule has 45 heavy (non-hydrogen) atoms. The molecule has 0 spiro atoms. The summed E-state index contributed by atoms with van der Waals surface area (Å²) in [4.78, 5) is 51.1. The number of hydrogen-bond acceptors (Lipinski definition) is 10. The van der Waals surface area contributed by atoms with Crippen LogP contribution in [0, 0.1) is 0 Å². The molecule has 0 fully saturated rings. The first-order chi connectivity index (χ1) is 21.4. The molecule has 0 radical (unpaired) electrons. The van der Waals surface area contributed by atoms with Gasteiger partial charge in [0.05, 0.1) is 29.3 Å². The third kappa shape index (κ3) is 9.88. The van der Waals surface area contributed by atoms with Gasteiger partial charge in [-0.1, -0.05) is 19.4 Å². The first-order valence-electron chi connectivity index (χ1n) is 14.2. The predicted molar refractivity (Wildman–Crippen MR) is 173 cm³/mol. The van der Waals surface area contributed by atoms with Crippen molar-refractivity contribution < 1.29 is 42.5 Å². The highest BCUT2D eigenvalue weighted by molar-refractivity contribution is 7.78. The van der Waals surface area contributed by atoms with Gasteiger partial charge in [-0.15, -0.1) is 0 Å². The maximum Gasteiger partial charge on any atom is 0.524 e. The number of phosphoric ester groups is 2. The fourth-order valence-electron chi connectivity index (χ4n) is 4.89. The molecule has 0 aliphatic heterocycles. The molecule has 6 N–H and O–H groups in total. The number of fused-ring (bicyclic) bond motifs is 3. The minimum atomic E-state index is -4.99. The number of unbranched alkanes of at least 4 members (excludes halogenated alkanes) is 1. The van der Waals surface area contributed by atoms with Crippen LogP contribution in [0.1, 0.15) is 49.6 Å². The average Bonchev–Trinajstić information content (AvgIpc) is 3.32. The van der Waals surface area contributed by atoms with E-state index in [1.165, 1.54) is 12.1 Å². The summed E-state index contributed by atoms with van der Waals surface area (Å²) in [5, 5.41) is 3.10. The number of nitrogens with zero attached hydrogens (tertiary/aromatic N) is 4. The lowest BCUT2D eigenvalue weighted by molar-refractivity contribution is 0.131. The molecule has 0 aliphatic carbocycles. The van der Waals surface area contributed by atoms with Gasteiger partial charge in [0.15, 0.2) is 5.82 Å².